The van der Waals surface area contributed by atoms with Crippen LogP contribution in [-0.2, 0) is 0 Å². The first-order valence-corrected chi connectivity index (χ1v) is 6.76. The summed E-state index contributed by atoms with van der Waals surface area (Å²) in [5.74, 6) is 0.479. The molecule has 1 unspecified atom stereocenters. The zero-order chi connectivity index (χ0) is 15.0. The SMILES string of the molecule is CC(O)c1cc([N+](=O)[O-])ccc1OCCCCCCO. The summed E-state index contributed by atoms with van der Waals surface area (Å²) in [5.41, 5.74) is 0.366. The highest BCUT2D eigenvalue weighted by molar-refractivity contribution is 5.44. The average molecular weight is 283 g/mol. The number of benzene rings is 1. The van der Waals surface area contributed by atoms with E-state index in [1.54, 1.807) is 6.92 Å². The summed E-state index contributed by atoms with van der Waals surface area (Å²) in [6.45, 7) is 2.24. The second-order valence-corrected chi connectivity index (χ2v) is 4.64. The van der Waals surface area contributed by atoms with Crippen molar-refractivity contribution in [2.75, 3.05) is 13.2 Å². The number of rotatable bonds is 9. The zero-order valence-corrected chi connectivity index (χ0v) is 11.6. The first-order valence-electron chi connectivity index (χ1n) is 6.76. The van der Waals surface area contributed by atoms with Gasteiger partial charge in [-0.15, -0.1) is 0 Å². The molecular weight excluding hydrogens is 262 g/mol. The maximum atomic E-state index is 10.7. The predicted octanol–water partition coefficient (Wildman–Crippen LogP) is 2.58. The lowest BCUT2D eigenvalue weighted by atomic mass is 10.1. The molecule has 1 rings (SSSR count). The Kier molecular flexibility index (Phi) is 6.97. The van der Waals surface area contributed by atoms with Crippen molar-refractivity contribution in [1.29, 1.82) is 0 Å². The molecule has 0 saturated heterocycles. The van der Waals surface area contributed by atoms with Crippen molar-refractivity contribution in [2.24, 2.45) is 0 Å². The molecule has 2 N–H and O–H groups in total. The van der Waals surface area contributed by atoms with Crippen LogP contribution in [0.25, 0.3) is 0 Å². The second-order valence-electron chi connectivity index (χ2n) is 4.64. The van der Waals surface area contributed by atoms with Gasteiger partial charge in [-0.05, 0) is 32.3 Å². The Hall–Kier alpha value is -1.66. The highest BCUT2D eigenvalue weighted by Gasteiger charge is 2.15. The number of non-ortho nitro benzene ring substituents is 1. The van der Waals surface area contributed by atoms with E-state index < -0.39 is 11.0 Å². The van der Waals surface area contributed by atoms with E-state index in [9.17, 15) is 15.2 Å². The Balaban J connectivity index is 2.58. The molecule has 0 fully saturated rings. The molecule has 0 aliphatic carbocycles. The molecule has 1 atom stereocenters. The Morgan fingerprint density at radius 1 is 1.30 bits per heavy atom. The van der Waals surface area contributed by atoms with Crippen LogP contribution in [0, 0.1) is 10.1 Å². The maximum absolute atomic E-state index is 10.7. The maximum Gasteiger partial charge on any atom is 0.270 e. The molecule has 0 aliphatic rings. The molecule has 6 heteroatoms. The molecule has 0 aliphatic heterocycles. The fraction of sp³-hybridized carbons (Fsp3) is 0.571. The van der Waals surface area contributed by atoms with Crippen molar-refractivity contribution in [3.8, 4) is 5.75 Å². The van der Waals surface area contributed by atoms with Gasteiger partial charge in [-0.3, -0.25) is 10.1 Å². The summed E-state index contributed by atoms with van der Waals surface area (Å²) in [6.07, 6.45) is 2.72. The minimum atomic E-state index is -0.820. The molecule has 1 aromatic carbocycles. The van der Waals surface area contributed by atoms with Crippen molar-refractivity contribution >= 4 is 5.69 Å². The van der Waals surface area contributed by atoms with Gasteiger partial charge in [0.15, 0.2) is 0 Å². The smallest absolute Gasteiger partial charge is 0.270 e. The molecular formula is C14H21NO5. The van der Waals surface area contributed by atoms with E-state index >= 15 is 0 Å². The number of nitro benzene ring substituents is 1. The average Bonchev–Trinajstić information content (AvgIpc) is 2.42. The van der Waals surface area contributed by atoms with Gasteiger partial charge < -0.3 is 14.9 Å². The number of unbranched alkanes of at least 4 members (excludes halogenated alkanes) is 3. The van der Waals surface area contributed by atoms with Gasteiger partial charge in [-0.1, -0.05) is 6.42 Å². The molecule has 0 aromatic heterocycles. The summed E-state index contributed by atoms with van der Waals surface area (Å²) in [4.78, 5) is 10.2. The van der Waals surface area contributed by atoms with E-state index in [0.29, 0.717) is 17.9 Å². The van der Waals surface area contributed by atoms with Crippen LogP contribution < -0.4 is 4.74 Å². The molecule has 112 valence electrons. The van der Waals surface area contributed by atoms with Gasteiger partial charge >= 0.3 is 0 Å². The largest absolute Gasteiger partial charge is 0.493 e. The normalized spacial score (nSPS) is 12.2. The van der Waals surface area contributed by atoms with E-state index in [1.165, 1.54) is 18.2 Å². The van der Waals surface area contributed by atoms with Gasteiger partial charge in [0.2, 0.25) is 0 Å². The van der Waals surface area contributed by atoms with E-state index in [1.807, 2.05) is 0 Å². The molecule has 6 nitrogen and oxygen atoms in total. The number of aliphatic hydroxyl groups excluding tert-OH is 2. The molecule has 0 amide bonds. The van der Waals surface area contributed by atoms with Crippen LogP contribution in [0.4, 0.5) is 5.69 Å². The van der Waals surface area contributed by atoms with Crippen molar-refractivity contribution in [2.45, 2.75) is 38.7 Å². The Bertz CT molecular complexity index is 434. The summed E-state index contributed by atoms with van der Waals surface area (Å²) in [6, 6.07) is 4.23. The van der Waals surface area contributed by atoms with E-state index in [4.69, 9.17) is 9.84 Å². The lowest BCUT2D eigenvalue weighted by molar-refractivity contribution is -0.385. The first-order chi connectivity index (χ1) is 9.56. The third-order valence-electron chi connectivity index (χ3n) is 2.96. The van der Waals surface area contributed by atoms with Gasteiger partial charge in [-0.25, -0.2) is 0 Å². The fourth-order valence-electron chi connectivity index (χ4n) is 1.86. The van der Waals surface area contributed by atoms with E-state index in [-0.39, 0.29) is 12.3 Å². The molecule has 1 aromatic rings. The topological polar surface area (TPSA) is 92.8 Å². The van der Waals surface area contributed by atoms with Crippen LogP contribution >= 0.6 is 0 Å². The van der Waals surface area contributed by atoms with Crippen molar-refractivity contribution in [3.63, 3.8) is 0 Å². The van der Waals surface area contributed by atoms with Gasteiger partial charge in [0.1, 0.15) is 5.75 Å². The van der Waals surface area contributed by atoms with Crippen LogP contribution in [0.2, 0.25) is 0 Å². The standard InChI is InChI=1S/C14H21NO5/c1-11(17)13-10-12(15(18)19)6-7-14(13)20-9-5-3-2-4-8-16/h6-7,10-11,16-17H,2-5,8-9H2,1H3. The number of hydrogen-bond acceptors (Lipinski definition) is 5. The van der Waals surface area contributed by atoms with Gasteiger partial charge in [-0.2, -0.15) is 0 Å². The van der Waals surface area contributed by atoms with Crippen LogP contribution in [0.15, 0.2) is 18.2 Å². The predicted molar refractivity (Wildman–Crippen MR) is 74.8 cm³/mol. The number of nitro groups is 1. The number of ether oxygens (including phenoxy) is 1. The third kappa shape index (κ3) is 5.14. The minimum absolute atomic E-state index is 0.0591. The Labute approximate surface area is 118 Å². The summed E-state index contributed by atoms with van der Waals surface area (Å²) in [5, 5.41) is 29.0. The molecule has 20 heavy (non-hydrogen) atoms. The lowest BCUT2D eigenvalue weighted by Crippen LogP contribution is -2.03. The van der Waals surface area contributed by atoms with Gasteiger partial charge in [0.25, 0.3) is 5.69 Å². The quantitative estimate of drug-likeness (QED) is 0.413. The number of hydrogen-bond donors (Lipinski definition) is 2. The van der Waals surface area contributed by atoms with E-state index in [0.717, 1.165) is 25.7 Å². The highest BCUT2D eigenvalue weighted by atomic mass is 16.6. The molecule has 0 heterocycles. The lowest BCUT2D eigenvalue weighted by Gasteiger charge is -2.13. The number of nitrogens with zero attached hydrogens (tertiary/aromatic N) is 1. The van der Waals surface area contributed by atoms with Gasteiger partial charge in [0.05, 0.1) is 17.6 Å². The van der Waals surface area contributed by atoms with Crippen molar-refractivity contribution in [3.05, 3.63) is 33.9 Å². The monoisotopic (exact) mass is 283 g/mol. The molecule has 0 radical (unpaired) electrons. The highest BCUT2D eigenvalue weighted by Crippen LogP contribution is 2.29. The molecule has 0 spiro atoms. The van der Waals surface area contributed by atoms with Crippen LogP contribution in [0.1, 0.15) is 44.3 Å². The number of aliphatic hydroxyl groups is 2. The van der Waals surface area contributed by atoms with Crippen molar-refractivity contribution in [1.82, 2.24) is 0 Å². The second kappa shape index (κ2) is 8.50. The molecule has 0 saturated carbocycles. The van der Waals surface area contributed by atoms with Crippen LogP contribution in [0.5, 0.6) is 5.75 Å². The van der Waals surface area contributed by atoms with Gasteiger partial charge in [0, 0.05) is 24.3 Å². The summed E-state index contributed by atoms with van der Waals surface area (Å²) in [7, 11) is 0. The summed E-state index contributed by atoms with van der Waals surface area (Å²) < 4.78 is 5.57. The minimum Gasteiger partial charge on any atom is -0.493 e. The third-order valence-corrected chi connectivity index (χ3v) is 2.96. The van der Waals surface area contributed by atoms with E-state index in [2.05, 4.69) is 0 Å². The Morgan fingerprint density at radius 3 is 2.60 bits per heavy atom. The zero-order valence-electron chi connectivity index (χ0n) is 11.6. The fourth-order valence-corrected chi connectivity index (χ4v) is 1.86. The molecule has 0 bridgehead atoms. The summed E-state index contributed by atoms with van der Waals surface area (Å²) >= 11 is 0. The Morgan fingerprint density at radius 2 is 2.00 bits per heavy atom. The first kappa shape index (κ1) is 16.4. The van der Waals surface area contributed by atoms with Crippen molar-refractivity contribution < 1.29 is 19.9 Å². The van der Waals surface area contributed by atoms with Crippen LogP contribution in [-0.4, -0.2) is 28.4 Å². The van der Waals surface area contributed by atoms with Crippen LogP contribution in [0.3, 0.4) is 0 Å².